The zero-order valence-corrected chi connectivity index (χ0v) is 11.8. The van der Waals surface area contributed by atoms with Crippen LogP contribution in [0.3, 0.4) is 0 Å². The summed E-state index contributed by atoms with van der Waals surface area (Å²) in [5, 5.41) is 13.3. The van der Waals surface area contributed by atoms with Gasteiger partial charge in [-0.05, 0) is 61.0 Å². The van der Waals surface area contributed by atoms with Gasteiger partial charge in [-0.2, -0.15) is 5.10 Å². The molecule has 0 atom stereocenters. The Labute approximate surface area is 122 Å². The highest BCUT2D eigenvalue weighted by atomic mass is 16.5. The van der Waals surface area contributed by atoms with E-state index in [0.29, 0.717) is 17.0 Å². The van der Waals surface area contributed by atoms with Crippen LogP contribution in [0.15, 0.2) is 53.6 Å². The Morgan fingerprint density at radius 3 is 2.19 bits per heavy atom. The summed E-state index contributed by atoms with van der Waals surface area (Å²) in [5.41, 5.74) is 4.47. The second-order valence-corrected chi connectivity index (χ2v) is 4.41. The van der Waals surface area contributed by atoms with Gasteiger partial charge in [-0.3, -0.25) is 4.79 Å². The SMILES string of the molecule is COc1ccc(C(=O)N/N=C(/C)c2ccc(O)cc2)cc1. The minimum atomic E-state index is -0.296. The summed E-state index contributed by atoms with van der Waals surface area (Å²) in [7, 11) is 1.57. The van der Waals surface area contributed by atoms with Crippen molar-refractivity contribution in [3.8, 4) is 11.5 Å². The van der Waals surface area contributed by atoms with Crippen LogP contribution in [0.5, 0.6) is 11.5 Å². The first-order valence-corrected chi connectivity index (χ1v) is 6.38. The molecule has 2 aromatic rings. The Bertz CT molecular complexity index is 646. The summed E-state index contributed by atoms with van der Waals surface area (Å²) in [5.74, 6) is 0.583. The Morgan fingerprint density at radius 1 is 1.05 bits per heavy atom. The minimum absolute atomic E-state index is 0.189. The van der Waals surface area contributed by atoms with Gasteiger partial charge in [-0.15, -0.1) is 0 Å². The number of hydrogen-bond donors (Lipinski definition) is 2. The van der Waals surface area contributed by atoms with E-state index in [1.807, 2.05) is 0 Å². The number of carbonyl (C=O) groups is 1. The van der Waals surface area contributed by atoms with Crippen LogP contribution in [-0.2, 0) is 0 Å². The monoisotopic (exact) mass is 284 g/mol. The van der Waals surface area contributed by atoms with E-state index in [2.05, 4.69) is 10.5 Å². The van der Waals surface area contributed by atoms with Gasteiger partial charge < -0.3 is 9.84 Å². The van der Waals surface area contributed by atoms with Crippen molar-refractivity contribution in [2.75, 3.05) is 7.11 Å². The zero-order chi connectivity index (χ0) is 15.2. The van der Waals surface area contributed by atoms with Gasteiger partial charge in [0.15, 0.2) is 0 Å². The molecule has 21 heavy (non-hydrogen) atoms. The fourth-order valence-electron chi connectivity index (χ4n) is 1.71. The van der Waals surface area contributed by atoms with Crippen molar-refractivity contribution in [3.05, 3.63) is 59.7 Å². The van der Waals surface area contributed by atoms with Crippen molar-refractivity contribution in [3.63, 3.8) is 0 Å². The molecule has 0 aliphatic heterocycles. The van der Waals surface area contributed by atoms with Crippen LogP contribution >= 0.6 is 0 Å². The average Bonchev–Trinajstić information content (AvgIpc) is 2.53. The summed E-state index contributed by atoms with van der Waals surface area (Å²) in [6.45, 7) is 1.78. The van der Waals surface area contributed by atoms with E-state index in [0.717, 1.165) is 5.56 Å². The molecule has 1 amide bonds. The number of phenolic OH excluding ortho intramolecular Hbond substituents is 1. The van der Waals surface area contributed by atoms with Crippen molar-refractivity contribution >= 4 is 11.6 Å². The Balaban J connectivity index is 2.04. The molecule has 0 spiro atoms. The zero-order valence-electron chi connectivity index (χ0n) is 11.8. The molecule has 0 saturated heterocycles. The standard InChI is InChI=1S/C16H16N2O3/c1-11(12-3-7-14(19)8-4-12)17-18-16(20)13-5-9-15(21-2)10-6-13/h3-10,19H,1-2H3,(H,18,20)/b17-11-. The Kier molecular flexibility index (Phi) is 4.56. The third-order valence-corrected chi connectivity index (χ3v) is 2.96. The fraction of sp³-hybridized carbons (Fsp3) is 0.125. The van der Waals surface area contributed by atoms with E-state index < -0.39 is 0 Å². The number of ether oxygens (including phenoxy) is 1. The number of aromatic hydroxyl groups is 1. The van der Waals surface area contributed by atoms with Crippen molar-refractivity contribution in [1.82, 2.24) is 5.43 Å². The van der Waals surface area contributed by atoms with Gasteiger partial charge in [-0.25, -0.2) is 5.43 Å². The highest BCUT2D eigenvalue weighted by molar-refractivity contribution is 6.00. The molecule has 0 unspecified atom stereocenters. The lowest BCUT2D eigenvalue weighted by atomic mass is 10.1. The van der Waals surface area contributed by atoms with E-state index >= 15 is 0 Å². The molecular weight excluding hydrogens is 268 g/mol. The maximum absolute atomic E-state index is 11.9. The molecular formula is C16H16N2O3. The maximum atomic E-state index is 11.9. The summed E-state index contributed by atoms with van der Waals surface area (Å²) in [4.78, 5) is 11.9. The number of hydrogen-bond acceptors (Lipinski definition) is 4. The molecule has 5 heteroatoms. The molecule has 2 rings (SSSR count). The van der Waals surface area contributed by atoms with E-state index in [4.69, 9.17) is 4.74 Å². The first-order chi connectivity index (χ1) is 10.1. The predicted molar refractivity (Wildman–Crippen MR) is 80.8 cm³/mol. The van der Waals surface area contributed by atoms with E-state index in [-0.39, 0.29) is 11.7 Å². The molecule has 0 aliphatic carbocycles. The summed E-state index contributed by atoms with van der Waals surface area (Å²) < 4.78 is 5.03. The van der Waals surface area contributed by atoms with Gasteiger partial charge in [-0.1, -0.05) is 0 Å². The van der Waals surface area contributed by atoms with Crippen molar-refractivity contribution in [1.29, 1.82) is 0 Å². The van der Waals surface area contributed by atoms with Crippen LogP contribution in [0.4, 0.5) is 0 Å². The molecule has 0 heterocycles. The highest BCUT2D eigenvalue weighted by Gasteiger charge is 2.05. The number of nitrogens with one attached hydrogen (secondary N) is 1. The maximum Gasteiger partial charge on any atom is 0.271 e. The highest BCUT2D eigenvalue weighted by Crippen LogP contribution is 2.12. The second-order valence-electron chi connectivity index (χ2n) is 4.41. The molecule has 2 N–H and O–H groups in total. The molecule has 5 nitrogen and oxygen atoms in total. The van der Waals surface area contributed by atoms with Crippen LogP contribution in [0, 0.1) is 0 Å². The van der Waals surface area contributed by atoms with Crippen LogP contribution < -0.4 is 10.2 Å². The number of hydrazone groups is 1. The van der Waals surface area contributed by atoms with E-state index in [1.54, 1.807) is 62.6 Å². The van der Waals surface area contributed by atoms with Crippen LogP contribution in [0.2, 0.25) is 0 Å². The third-order valence-electron chi connectivity index (χ3n) is 2.96. The van der Waals surface area contributed by atoms with Gasteiger partial charge >= 0.3 is 0 Å². The molecule has 0 aromatic heterocycles. The topological polar surface area (TPSA) is 70.9 Å². The van der Waals surface area contributed by atoms with Crippen LogP contribution in [0.1, 0.15) is 22.8 Å². The molecule has 0 saturated carbocycles. The lowest BCUT2D eigenvalue weighted by molar-refractivity contribution is 0.0955. The van der Waals surface area contributed by atoms with Crippen molar-refractivity contribution in [2.24, 2.45) is 5.10 Å². The number of rotatable bonds is 4. The largest absolute Gasteiger partial charge is 0.508 e. The van der Waals surface area contributed by atoms with Crippen molar-refractivity contribution < 1.29 is 14.6 Å². The van der Waals surface area contributed by atoms with E-state index in [1.165, 1.54) is 0 Å². The Morgan fingerprint density at radius 2 is 1.62 bits per heavy atom. The quantitative estimate of drug-likeness (QED) is 0.669. The summed E-state index contributed by atoms with van der Waals surface area (Å²) in [6, 6.07) is 13.4. The molecule has 0 bridgehead atoms. The number of benzene rings is 2. The van der Waals surface area contributed by atoms with Crippen LogP contribution in [0.25, 0.3) is 0 Å². The van der Waals surface area contributed by atoms with Gasteiger partial charge in [0.05, 0.1) is 12.8 Å². The first kappa shape index (κ1) is 14.6. The summed E-state index contributed by atoms with van der Waals surface area (Å²) >= 11 is 0. The molecule has 0 aliphatic rings. The summed E-state index contributed by atoms with van der Waals surface area (Å²) in [6.07, 6.45) is 0. The number of nitrogens with zero attached hydrogens (tertiary/aromatic N) is 1. The normalized spacial score (nSPS) is 11.0. The van der Waals surface area contributed by atoms with Gasteiger partial charge in [0, 0.05) is 5.56 Å². The van der Waals surface area contributed by atoms with Crippen molar-refractivity contribution in [2.45, 2.75) is 6.92 Å². The Hall–Kier alpha value is -2.82. The minimum Gasteiger partial charge on any atom is -0.508 e. The smallest absolute Gasteiger partial charge is 0.271 e. The van der Waals surface area contributed by atoms with Gasteiger partial charge in [0.25, 0.3) is 5.91 Å². The van der Waals surface area contributed by atoms with E-state index in [9.17, 15) is 9.90 Å². The fourth-order valence-corrected chi connectivity index (χ4v) is 1.71. The number of carbonyl (C=O) groups excluding carboxylic acids is 1. The molecule has 2 aromatic carbocycles. The predicted octanol–water partition coefficient (Wildman–Crippen LogP) is 2.55. The lowest BCUT2D eigenvalue weighted by Gasteiger charge is -2.04. The number of phenols is 1. The molecule has 108 valence electrons. The van der Waals surface area contributed by atoms with Gasteiger partial charge in [0.2, 0.25) is 0 Å². The first-order valence-electron chi connectivity index (χ1n) is 6.38. The molecule has 0 fully saturated rings. The van der Waals surface area contributed by atoms with Crippen LogP contribution in [-0.4, -0.2) is 23.8 Å². The number of amides is 1. The second kappa shape index (κ2) is 6.56. The number of methoxy groups -OCH3 is 1. The molecule has 0 radical (unpaired) electrons. The lowest BCUT2D eigenvalue weighted by Crippen LogP contribution is -2.19. The average molecular weight is 284 g/mol. The van der Waals surface area contributed by atoms with Gasteiger partial charge in [0.1, 0.15) is 11.5 Å². The third kappa shape index (κ3) is 3.82.